The first-order valence-electron chi connectivity index (χ1n) is 7.17. The van der Waals surface area contributed by atoms with Crippen LogP contribution in [-0.2, 0) is 19.4 Å². The summed E-state index contributed by atoms with van der Waals surface area (Å²) in [5.74, 6) is 0.161. The van der Waals surface area contributed by atoms with Gasteiger partial charge in [-0.25, -0.2) is 0 Å². The number of anilines is 1. The minimum absolute atomic E-state index is 0.161. The molecule has 0 spiro atoms. The first-order valence-corrected chi connectivity index (χ1v) is 7.17. The van der Waals surface area contributed by atoms with E-state index < -0.39 is 0 Å². The summed E-state index contributed by atoms with van der Waals surface area (Å²) in [5, 5.41) is 7.57. The summed E-state index contributed by atoms with van der Waals surface area (Å²) in [6.07, 6.45) is 6.33. The molecular formula is C16H19N3O. The average Bonchev–Trinajstić information content (AvgIpc) is 2.94. The molecule has 1 aliphatic heterocycles. The molecule has 0 fully saturated rings. The van der Waals surface area contributed by atoms with Crippen LogP contribution in [-0.4, -0.2) is 22.1 Å². The van der Waals surface area contributed by atoms with E-state index in [-0.39, 0.29) is 5.78 Å². The van der Waals surface area contributed by atoms with Crippen LogP contribution in [0, 0.1) is 0 Å². The first-order chi connectivity index (χ1) is 9.76. The van der Waals surface area contributed by atoms with Gasteiger partial charge in [0.05, 0.1) is 6.20 Å². The zero-order valence-electron chi connectivity index (χ0n) is 11.7. The van der Waals surface area contributed by atoms with Crippen molar-refractivity contribution in [2.45, 2.75) is 32.7 Å². The number of ketones is 1. The SMILES string of the molecule is CCn1cc(CC(=O)c2ccc3c(c2)CCCN3)cn1. The van der Waals surface area contributed by atoms with Crippen molar-refractivity contribution in [2.24, 2.45) is 0 Å². The molecule has 0 amide bonds. The molecule has 3 rings (SSSR count). The largest absolute Gasteiger partial charge is 0.385 e. The lowest BCUT2D eigenvalue weighted by molar-refractivity contribution is 0.0993. The Hall–Kier alpha value is -2.10. The van der Waals surface area contributed by atoms with Gasteiger partial charge in [0.2, 0.25) is 0 Å². The Morgan fingerprint density at radius 2 is 2.35 bits per heavy atom. The van der Waals surface area contributed by atoms with Gasteiger partial charge in [0.25, 0.3) is 0 Å². The molecule has 4 heteroatoms. The number of hydrogen-bond donors (Lipinski definition) is 1. The Balaban J connectivity index is 1.76. The fourth-order valence-electron chi connectivity index (χ4n) is 2.61. The summed E-state index contributed by atoms with van der Waals surface area (Å²) in [6.45, 7) is 3.89. The number of carbonyl (C=O) groups excluding carboxylic acids is 1. The Morgan fingerprint density at radius 1 is 1.45 bits per heavy atom. The van der Waals surface area contributed by atoms with Crippen LogP contribution in [0.3, 0.4) is 0 Å². The third-order valence-electron chi connectivity index (χ3n) is 3.74. The number of nitrogens with zero attached hydrogens (tertiary/aromatic N) is 2. The molecule has 2 aromatic rings. The van der Waals surface area contributed by atoms with Gasteiger partial charge < -0.3 is 5.32 Å². The summed E-state index contributed by atoms with van der Waals surface area (Å²) in [4.78, 5) is 12.3. The van der Waals surface area contributed by atoms with E-state index in [1.165, 1.54) is 11.3 Å². The van der Waals surface area contributed by atoms with E-state index in [2.05, 4.69) is 10.4 Å². The standard InChI is InChI=1S/C16H19N3O/c1-2-19-11-12(10-18-19)8-16(20)14-5-6-15-13(9-14)4-3-7-17-15/h5-6,9-11,17H,2-4,7-8H2,1H3. The molecule has 2 heterocycles. The lowest BCUT2D eigenvalue weighted by Gasteiger charge is -2.18. The maximum absolute atomic E-state index is 12.3. The molecule has 4 nitrogen and oxygen atoms in total. The minimum atomic E-state index is 0.161. The van der Waals surface area contributed by atoms with E-state index >= 15 is 0 Å². The number of rotatable bonds is 4. The second-order valence-corrected chi connectivity index (χ2v) is 5.21. The molecule has 0 unspecified atom stereocenters. The number of carbonyl (C=O) groups is 1. The van der Waals surface area contributed by atoms with Gasteiger partial charge >= 0.3 is 0 Å². The van der Waals surface area contributed by atoms with Crippen molar-refractivity contribution in [1.29, 1.82) is 0 Å². The van der Waals surface area contributed by atoms with Crippen LogP contribution >= 0.6 is 0 Å². The summed E-state index contributed by atoms with van der Waals surface area (Å²) in [7, 11) is 0. The van der Waals surface area contributed by atoms with Crippen LogP contribution in [0.5, 0.6) is 0 Å². The van der Waals surface area contributed by atoms with E-state index in [9.17, 15) is 4.79 Å². The third kappa shape index (κ3) is 2.59. The van der Waals surface area contributed by atoms with Crippen LogP contribution in [0.25, 0.3) is 0 Å². The molecule has 0 atom stereocenters. The minimum Gasteiger partial charge on any atom is -0.385 e. The van der Waals surface area contributed by atoms with Crippen molar-refractivity contribution < 1.29 is 4.79 Å². The topological polar surface area (TPSA) is 46.9 Å². The molecule has 0 bridgehead atoms. The van der Waals surface area contributed by atoms with Gasteiger partial charge in [-0.3, -0.25) is 9.48 Å². The molecule has 1 N–H and O–H groups in total. The number of nitrogens with one attached hydrogen (secondary N) is 1. The Morgan fingerprint density at radius 3 is 3.15 bits per heavy atom. The van der Waals surface area contributed by atoms with E-state index in [0.29, 0.717) is 6.42 Å². The Labute approximate surface area is 118 Å². The zero-order valence-corrected chi connectivity index (χ0v) is 11.7. The highest BCUT2D eigenvalue weighted by Gasteiger charge is 2.13. The molecule has 104 valence electrons. The van der Waals surface area contributed by atoms with Crippen LogP contribution in [0.15, 0.2) is 30.6 Å². The number of fused-ring (bicyclic) bond motifs is 1. The molecule has 0 saturated heterocycles. The average molecular weight is 269 g/mol. The van der Waals surface area contributed by atoms with Gasteiger partial charge in [0.1, 0.15) is 0 Å². The highest BCUT2D eigenvalue weighted by Crippen LogP contribution is 2.23. The Kier molecular flexibility index (Phi) is 3.54. The predicted octanol–water partition coefficient (Wildman–Crippen LogP) is 2.69. The highest BCUT2D eigenvalue weighted by atomic mass is 16.1. The summed E-state index contributed by atoms with van der Waals surface area (Å²) in [5.41, 5.74) is 4.21. The third-order valence-corrected chi connectivity index (χ3v) is 3.74. The summed E-state index contributed by atoms with van der Waals surface area (Å²) in [6, 6.07) is 5.98. The quantitative estimate of drug-likeness (QED) is 0.868. The zero-order chi connectivity index (χ0) is 13.9. The molecule has 1 aromatic heterocycles. The van der Waals surface area contributed by atoms with Crippen molar-refractivity contribution in [1.82, 2.24) is 9.78 Å². The molecule has 20 heavy (non-hydrogen) atoms. The predicted molar refractivity (Wildman–Crippen MR) is 79.2 cm³/mol. The lowest BCUT2D eigenvalue weighted by atomic mass is 9.97. The summed E-state index contributed by atoms with van der Waals surface area (Å²) >= 11 is 0. The molecular weight excluding hydrogens is 250 g/mol. The molecule has 0 aliphatic carbocycles. The van der Waals surface area contributed by atoms with Gasteiger partial charge in [0.15, 0.2) is 5.78 Å². The van der Waals surface area contributed by atoms with Crippen molar-refractivity contribution >= 4 is 11.5 Å². The highest BCUT2D eigenvalue weighted by molar-refractivity contribution is 5.98. The van der Waals surface area contributed by atoms with Gasteiger partial charge in [-0.1, -0.05) is 0 Å². The van der Waals surface area contributed by atoms with Gasteiger partial charge in [-0.05, 0) is 49.1 Å². The molecule has 0 saturated carbocycles. The fourth-order valence-corrected chi connectivity index (χ4v) is 2.61. The number of hydrogen-bond acceptors (Lipinski definition) is 3. The summed E-state index contributed by atoms with van der Waals surface area (Å²) < 4.78 is 1.85. The van der Waals surface area contributed by atoms with E-state index in [4.69, 9.17) is 0 Å². The second kappa shape index (κ2) is 5.49. The number of Topliss-reactive ketones (excluding diaryl/α,β-unsaturated/α-hetero) is 1. The van der Waals surface area contributed by atoms with Crippen LogP contribution in [0.1, 0.15) is 34.8 Å². The van der Waals surface area contributed by atoms with Crippen molar-refractivity contribution in [3.63, 3.8) is 0 Å². The number of aryl methyl sites for hydroxylation is 2. The van der Waals surface area contributed by atoms with Gasteiger partial charge in [-0.2, -0.15) is 5.10 Å². The number of benzene rings is 1. The number of aromatic nitrogens is 2. The van der Waals surface area contributed by atoms with Crippen molar-refractivity contribution in [3.05, 3.63) is 47.3 Å². The van der Waals surface area contributed by atoms with E-state index in [1.54, 1.807) is 6.20 Å². The van der Waals surface area contributed by atoms with E-state index in [1.807, 2.05) is 36.0 Å². The van der Waals surface area contributed by atoms with Crippen LogP contribution < -0.4 is 5.32 Å². The van der Waals surface area contributed by atoms with Crippen LogP contribution in [0.2, 0.25) is 0 Å². The van der Waals surface area contributed by atoms with Crippen LogP contribution in [0.4, 0.5) is 5.69 Å². The Bertz CT molecular complexity index is 630. The maximum atomic E-state index is 12.3. The molecule has 1 aliphatic rings. The van der Waals surface area contributed by atoms with Crippen molar-refractivity contribution in [3.8, 4) is 0 Å². The maximum Gasteiger partial charge on any atom is 0.167 e. The lowest BCUT2D eigenvalue weighted by Crippen LogP contribution is -2.13. The van der Waals surface area contributed by atoms with E-state index in [0.717, 1.165) is 37.1 Å². The monoisotopic (exact) mass is 269 g/mol. The smallest absolute Gasteiger partial charge is 0.167 e. The molecule has 0 radical (unpaired) electrons. The normalized spacial score (nSPS) is 13.7. The van der Waals surface area contributed by atoms with Gasteiger partial charge in [0, 0.05) is 37.0 Å². The molecule has 1 aromatic carbocycles. The van der Waals surface area contributed by atoms with Crippen molar-refractivity contribution in [2.75, 3.05) is 11.9 Å². The second-order valence-electron chi connectivity index (χ2n) is 5.21. The fraction of sp³-hybridized carbons (Fsp3) is 0.375. The van der Waals surface area contributed by atoms with Gasteiger partial charge in [-0.15, -0.1) is 0 Å². The first kappa shape index (κ1) is 12.9.